The Morgan fingerprint density at radius 1 is 1.18 bits per heavy atom. The number of nitrogens with one attached hydrogen (secondary N) is 2. The normalized spacial score (nSPS) is 29.0. The molecule has 4 bridgehead atoms. The number of ketones is 1. The van der Waals surface area contributed by atoms with Gasteiger partial charge in [0.2, 0.25) is 33.6 Å². The number of ether oxygens (including phenoxy) is 1. The van der Waals surface area contributed by atoms with Crippen LogP contribution in [0.3, 0.4) is 0 Å². The van der Waals surface area contributed by atoms with E-state index in [-0.39, 0.29) is 55.7 Å². The molecule has 1 saturated heterocycles. The van der Waals surface area contributed by atoms with E-state index in [4.69, 9.17) is 4.74 Å². The molecule has 2 aliphatic carbocycles. The molecule has 5 atom stereocenters. The summed E-state index contributed by atoms with van der Waals surface area (Å²) in [7, 11) is -3.84. The molecule has 4 aliphatic rings. The zero-order valence-corrected chi connectivity index (χ0v) is 31.1. The number of allylic oxidation sites excluding steroid dienone is 2. The Hall–Kier alpha value is -4.06. The maximum Gasteiger partial charge on any atom is 0.240 e. The van der Waals surface area contributed by atoms with Crippen LogP contribution in [-0.4, -0.2) is 71.3 Å². The van der Waals surface area contributed by atoms with Crippen molar-refractivity contribution in [2.75, 3.05) is 6.54 Å². The number of pyridine rings is 1. The lowest BCUT2D eigenvalue weighted by atomic mass is 9.77. The van der Waals surface area contributed by atoms with Crippen molar-refractivity contribution >= 4 is 50.4 Å². The minimum Gasteiger partial charge on any atom is -0.472 e. The molecular formula is C39H50N4O7S. The quantitative estimate of drug-likeness (QED) is 0.376. The summed E-state index contributed by atoms with van der Waals surface area (Å²) in [6.07, 6.45) is 9.25. The number of carbonyl (C=O) groups is 4. The van der Waals surface area contributed by atoms with Crippen molar-refractivity contribution in [1.82, 2.24) is 19.9 Å². The largest absolute Gasteiger partial charge is 0.472 e. The Kier molecular flexibility index (Phi) is 9.71. The van der Waals surface area contributed by atoms with Crippen LogP contribution in [0.1, 0.15) is 91.5 Å². The summed E-state index contributed by atoms with van der Waals surface area (Å²) in [6.45, 7) is 13.5. The summed E-state index contributed by atoms with van der Waals surface area (Å²) in [5, 5.41) is 4.26. The molecule has 1 aromatic heterocycles. The zero-order chi connectivity index (χ0) is 36.9. The first-order chi connectivity index (χ1) is 23.9. The zero-order valence-electron chi connectivity index (χ0n) is 30.2. The third kappa shape index (κ3) is 7.90. The molecule has 12 heteroatoms. The number of carbonyl (C=O) groups excluding carboxylic acids is 4. The highest BCUT2D eigenvalue weighted by molar-refractivity contribution is 7.90. The summed E-state index contributed by atoms with van der Waals surface area (Å²) < 4.78 is 34.2. The Morgan fingerprint density at radius 2 is 1.92 bits per heavy atom. The number of nitrogens with zero attached hydrogens (tertiary/aromatic N) is 2. The van der Waals surface area contributed by atoms with Crippen molar-refractivity contribution in [1.29, 1.82) is 0 Å². The molecule has 274 valence electrons. The number of Topliss-reactive ketones (excluding diaryl/α,β-unsaturated/α-hetero) is 1. The van der Waals surface area contributed by atoms with E-state index < -0.39 is 55.6 Å². The standard InChI is InChI=1S/C39H50N4O7S/c1-7-26-21-39(26,36(47)42-51(48,49)28-13-14-28)22-32(44)31-19-27-23-43(31)35(46)30(37(2,3)4)20-33(45)41-38(5,6)16-9-8-10-24-11-12-25-15-17-40-34(50-27)29(25)18-24/h7-8,10-12,15,17-18,26-28,30-31H,1,9,13-14,16,19-23H2,2-6H3,(H,41,45)(H,42,47)/b10-8+/t26-,27-,30-,31+,39-/m1/s1. The van der Waals surface area contributed by atoms with Crippen LogP contribution in [-0.2, 0) is 29.2 Å². The lowest BCUT2D eigenvalue weighted by molar-refractivity contribution is -0.146. The van der Waals surface area contributed by atoms with Gasteiger partial charge in [0.25, 0.3) is 0 Å². The molecule has 3 amide bonds. The molecule has 3 heterocycles. The van der Waals surface area contributed by atoms with E-state index >= 15 is 0 Å². The molecule has 11 nitrogen and oxygen atoms in total. The average molecular weight is 719 g/mol. The van der Waals surface area contributed by atoms with Crippen molar-refractivity contribution < 1.29 is 32.3 Å². The maximum atomic E-state index is 14.6. The molecule has 0 spiro atoms. The van der Waals surface area contributed by atoms with Crippen LogP contribution in [0.5, 0.6) is 5.88 Å². The Labute approximate surface area is 300 Å². The van der Waals surface area contributed by atoms with Gasteiger partial charge in [-0.15, -0.1) is 6.58 Å². The van der Waals surface area contributed by atoms with Crippen LogP contribution in [0.15, 0.2) is 49.2 Å². The van der Waals surface area contributed by atoms with Crippen molar-refractivity contribution in [2.45, 2.75) is 109 Å². The first kappa shape index (κ1) is 36.7. The first-order valence-electron chi connectivity index (χ1n) is 18.0. The van der Waals surface area contributed by atoms with Gasteiger partial charge in [0.05, 0.1) is 29.2 Å². The fraction of sp³-hybridized carbons (Fsp3) is 0.564. The second-order valence-electron chi connectivity index (χ2n) is 16.6. The number of hydrogen-bond donors (Lipinski definition) is 2. The summed E-state index contributed by atoms with van der Waals surface area (Å²) >= 11 is 0. The monoisotopic (exact) mass is 718 g/mol. The minimum atomic E-state index is -3.84. The van der Waals surface area contributed by atoms with Gasteiger partial charge in [-0.2, -0.15) is 0 Å². The van der Waals surface area contributed by atoms with E-state index in [2.05, 4.69) is 27.7 Å². The smallest absolute Gasteiger partial charge is 0.240 e. The van der Waals surface area contributed by atoms with Crippen LogP contribution in [0.25, 0.3) is 16.8 Å². The van der Waals surface area contributed by atoms with Crippen molar-refractivity contribution in [3.05, 3.63) is 54.8 Å². The Balaban J connectivity index is 1.35. The fourth-order valence-electron chi connectivity index (χ4n) is 7.56. The lowest BCUT2D eigenvalue weighted by Gasteiger charge is -2.36. The SMILES string of the molecule is C=C[C@@H]1C[C@]1(CC(=O)[C@@H]1C[C@@H]2CN1C(=O)[C@H](C(C)(C)C)CC(=O)NC(C)(C)CC/C=C/c1ccc3ccnc(c3c1)O2)C(=O)NS(=O)(=O)C1CC1. The molecule has 2 N–H and O–H groups in total. The van der Waals surface area contributed by atoms with Crippen LogP contribution in [0.4, 0.5) is 0 Å². The molecule has 2 saturated carbocycles. The number of fused-ring (bicyclic) bond motifs is 3. The topological polar surface area (TPSA) is 152 Å². The fourth-order valence-corrected chi connectivity index (χ4v) is 8.94. The molecule has 6 rings (SSSR count). The van der Waals surface area contributed by atoms with Gasteiger partial charge < -0.3 is 15.0 Å². The average Bonchev–Trinajstić information content (AvgIpc) is 3.97. The highest BCUT2D eigenvalue weighted by Crippen LogP contribution is 2.57. The van der Waals surface area contributed by atoms with E-state index in [1.165, 1.54) is 4.90 Å². The third-order valence-electron chi connectivity index (χ3n) is 11.0. The van der Waals surface area contributed by atoms with Gasteiger partial charge >= 0.3 is 0 Å². The van der Waals surface area contributed by atoms with Crippen molar-refractivity contribution in [3.63, 3.8) is 0 Å². The van der Waals surface area contributed by atoms with Gasteiger partial charge in [-0.1, -0.05) is 51.1 Å². The molecular weight excluding hydrogens is 669 g/mol. The molecule has 2 aromatic rings. The number of rotatable bonds is 7. The minimum absolute atomic E-state index is 0.0696. The summed E-state index contributed by atoms with van der Waals surface area (Å²) in [6, 6.07) is 6.95. The summed E-state index contributed by atoms with van der Waals surface area (Å²) in [5.41, 5.74) is -1.47. The second kappa shape index (κ2) is 13.5. The molecule has 0 radical (unpaired) electrons. The van der Waals surface area contributed by atoms with Gasteiger partial charge in [0.1, 0.15) is 6.10 Å². The van der Waals surface area contributed by atoms with E-state index in [0.29, 0.717) is 25.1 Å². The first-order valence-corrected chi connectivity index (χ1v) is 19.5. The van der Waals surface area contributed by atoms with E-state index in [1.54, 1.807) is 12.3 Å². The van der Waals surface area contributed by atoms with Crippen LogP contribution >= 0.6 is 0 Å². The van der Waals surface area contributed by atoms with Gasteiger partial charge in [-0.3, -0.25) is 23.9 Å². The van der Waals surface area contributed by atoms with Crippen LogP contribution in [0.2, 0.25) is 0 Å². The molecule has 2 aliphatic heterocycles. The molecule has 1 aromatic carbocycles. The number of hydrogen-bond acceptors (Lipinski definition) is 8. The van der Waals surface area contributed by atoms with E-state index in [1.807, 2.05) is 65.0 Å². The maximum absolute atomic E-state index is 14.6. The van der Waals surface area contributed by atoms with Crippen LogP contribution in [0, 0.1) is 22.7 Å². The highest BCUT2D eigenvalue weighted by Gasteiger charge is 2.61. The van der Waals surface area contributed by atoms with E-state index in [0.717, 1.165) is 22.8 Å². The second-order valence-corrected chi connectivity index (χ2v) is 18.6. The van der Waals surface area contributed by atoms with Gasteiger partial charge in [-0.25, -0.2) is 13.4 Å². The Bertz CT molecular complexity index is 1890. The third-order valence-corrected chi connectivity index (χ3v) is 12.8. The van der Waals surface area contributed by atoms with Crippen LogP contribution < -0.4 is 14.8 Å². The van der Waals surface area contributed by atoms with E-state index in [9.17, 15) is 27.6 Å². The summed E-state index contributed by atoms with van der Waals surface area (Å²) in [4.78, 5) is 62.2. The van der Waals surface area contributed by atoms with Gasteiger partial charge in [0.15, 0.2) is 5.78 Å². The van der Waals surface area contributed by atoms with Crippen molar-refractivity contribution in [3.8, 4) is 5.88 Å². The lowest BCUT2D eigenvalue weighted by Crippen LogP contribution is -2.50. The predicted molar refractivity (Wildman–Crippen MR) is 195 cm³/mol. The van der Waals surface area contributed by atoms with Gasteiger partial charge in [0, 0.05) is 36.4 Å². The highest BCUT2D eigenvalue weighted by atomic mass is 32.2. The molecule has 51 heavy (non-hydrogen) atoms. The number of aromatic nitrogens is 1. The Morgan fingerprint density at radius 3 is 2.59 bits per heavy atom. The molecule has 3 fully saturated rings. The number of sulfonamides is 1. The number of benzene rings is 1. The number of amides is 3. The summed E-state index contributed by atoms with van der Waals surface area (Å²) in [5.74, 6) is -2.42. The molecule has 0 unspecified atom stereocenters. The van der Waals surface area contributed by atoms with Crippen molar-refractivity contribution in [2.24, 2.45) is 22.7 Å². The predicted octanol–water partition coefficient (Wildman–Crippen LogP) is 5.10. The van der Waals surface area contributed by atoms with Gasteiger partial charge in [-0.05, 0) is 80.4 Å².